The van der Waals surface area contributed by atoms with Crippen LogP contribution >= 0.6 is 11.6 Å². The molecule has 0 aliphatic rings. The van der Waals surface area contributed by atoms with E-state index in [-0.39, 0.29) is 5.88 Å². The molecule has 0 aliphatic carbocycles. The van der Waals surface area contributed by atoms with Crippen LogP contribution in [0.1, 0.15) is 16.8 Å². The van der Waals surface area contributed by atoms with Gasteiger partial charge in [0.2, 0.25) is 0 Å². The standard InChI is InChI=1S/C13H11ClN4O/c1-7-8(2)17-18-13(10(7)6-15)19-12-5-9(16)3-4-11(12)14/h3-5H,16H2,1-2H3. The van der Waals surface area contributed by atoms with E-state index in [1.165, 1.54) is 0 Å². The van der Waals surface area contributed by atoms with Crippen LogP contribution in [-0.2, 0) is 0 Å². The molecule has 96 valence electrons. The van der Waals surface area contributed by atoms with E-state index in [2.05, 4.69) is 16.3 Å². The molecule has 1 aromatic carbocycles. The molecule has 0 atom stereocenters. The zero-order valence-electron chi connectivity index (χ0n) is 10.4. The maximum absolute atomic E-state index is 9.17. The van der Waals surface area contributed by atoms with Crippen LogP contribution in [0.2, 0.25) is 5.02 Å². The Morgan fingerprint density at radius 2 is 2.05 bits per heavy atom. The molecule has 0 radical (unpaired) electrons. The fourth-order valence-electron chi connectivity index (χ4n) is 1.49. The first kappa shape index (κ1) is 13.1. The van der Waals surface area contributed by atoms with Gasteiger partial charge in [0.25, 0.3) is 5.88 Å². The maximum Gasteiger partial charge on any atom is 0.257 e. The first-order valence-electron chi connectivity index (χ1n) is 5.49. The molecule has 0 aliphatic heterocycles. The van der Waals surface area contributed by atoms with E-state index in [9.17, 15) is 5.26 Å². The van der Waals surface area contributed by atoms with Gasteiger partial charge in [0.1, 0.15) is 17.4 Å². The van der Waals surface area contributed by atoms with Crippen LogP contribution < -0.4 is 10.5 Å². The first-order chi connectivity index (χ1) is 9.02. The van der Waals surface area contributed by atoms with Crippen LogP contribution in [0.3, 0.4) is 0 Å². The number of nitrogens with two attached hydrogens (primary N) is 1. The molecule has 0 saturated heterocycles. The molecule has 6 heteroatoms. The SMILES string of the molecule is Cc1nnc(Oc2cc(N)ccc2Cl)c(C#N)c1C. The van der Waals surface area contributed by atoms with Gasteiger partial charge in [-0.1, -0.05) is 11.6 Å². The second kappa shape index (κ2) is 5.12. The van der Waals surface area contributed by atoms with Crippen LogP contribution in [0.5, 0.6) is 11.6 Å². The first-order valence-corrected chi connectivity index (χ1v) is 5.87. The lowest BCUT2D eigenvalue weighted by molar-refractivity contribution is 0.452. The normalized spacial score (nSPS) is 10.0. The van der Waals surface area contributed by atoms with Gasteiger partial charge in [-0.25, -0.2) is 0 Å². The van der Waals surface area contributed by atoms with E-state index in [1.54, 1.807) is 32.0 Å². The molecule has 0 spiro atoms. The number of rotatable bonds is 2. The van der Waals surface area contributed by atoms with Crippen molar-refractivity contribution in [1.82, 2.24) is 10.2 Å². The van der Waals surface area contributed by atoms with Crippen LogP contribution in [0.4, 0.5) is 5.69 Å². The average molecular weight is 275 g/mol. The Hall–Kier alpha value is -2.32. The molecule has 19 heavy (non-hydrogen) atoms. The van der Waals surface area contributed by atoms with Gasteiger partial charge >= 0.3 is 0 Å². The van der Waals surface area contributed by atoms with Gasteiger partial charge in [-0.3, -0.25) is 0 Å². The fraction of sp³-hybridized carbons (Fsp3) is 0.154. The number of nitriles is 1. The quantitative estimate of drug-likeness (QED) is 0.851. The molecule has 2 aromatic rings. The number of benzene rings is 1. The summed E-state index contributed by atoms with van der Waals surface area (Å²) in [4.78, 5) is 0. The topological polar surface area (TPSA) is 84.8 Å². The van der Waals surface area contributed by atoms with Gasteiger partial charge in [0.15, 0.2) is 0 Å². The number of hydrogen-bond donors (Lipinski definition) is 1. The predicted octanol–water partition coefficient (Wildman–Crippen LogP) is 2.99. The smallest absolute Gasteiger partial charge is 0.257 e. The molecule has 1 heterocycles. The zero-order chi connectivity index (χ0) is 14.0. The van der Waals surface area contributed by atoms with Crippen molar-refractivity contribution in [3.63, 3.8) is 0 Å². The van der Waals surface area contributed by atoms with Gasteiger partial charge in [-0.15, -0.1) is 5.10 Å². The number of ether oxygens (including phenoxy) is 1. The largest absolute Gasteiger partial charge is 0.435 e. The number of aromatic nitrogens is 2. The molecule has 0 saturated carbocycles. The Morgan fingerprint density at radius 1 is 1.32 bits per heavy atom. The summed E-state index contributed by atoms with van der Waals surface area (Å²) in [5, 5.41) is 17.4. The van der Waals surface area contributed by atoms with Crippen molar-refractivity contribution >= 4 is 17.3 Å². The van der Waals surface area contributed by atoms with Crippen LogP contribution in [0.25, 0.3) is 0 Å². The molecule has 2 N–H and O–H groups in total. The summed E-state index contributed by atoms with van der Waals surface area (Å²) in [5.41, 5.74) is 7.93. The third kappa shape index (κ3) is 2.59. The second-order valence-electron chi connectivity index (χ2n) is 3.99. The van der Waals surface area contributed by atoms with E-state index >= 15 is 0 Å². The van der Waals surface area contributed by atoms with Gasteiger partial charge < -0.3 is 10.5 Å². The van der Waals surface area contributed by atoms with Crippen molar-refractivity contribution in [2.45, 2.75) is 13.8 Å². The van der Waals surface area contributed by atoms with E-state index < -0.39 is 0 Å². The van der Waals surface area contributed by atoms with Gasteiger partial charge in [-0.05, 0) is 31.5 Å². The summed E-state index contributed by atoms with van der Waals surface area (Å²) in [7, 11) is 0. The lowest BCUT2D eigenvalue weighted by atomic mass is 10.1. The molecule has 1 aromatic heterocycles. The van der Waals surface area contributed by atoms with E-state index in [0.29, 0.717) is 27.7 Å². The zero-order valence-corrected chi connectivity index (χ0v) is 11.2. The third-order valence-corrected chi connectivity index (χ3v) is 3.01. The van der Waals surface area contributed by atoms with Crippen molar-refractivity contribution < 1.29 is 4.74 Å². The van der Waals surface area contributed by atoms with E-state index in [4.69, 9.17) is 22.1 Å². The van der Waals surface area contributed by atoms with Gasteiger partial charge in [-0.2, -0.15) is 10.4 Å². The van der Waals surface area contributed by atoms with Gasteiger partial charge in [0.05, 0.1) is 10.7 Å². The lowest BCUT2D eigenvalue weighted by Gasteiger charge is -2.10. The van der Waals surface area contributed by atoms with Crippen molar-refractivity contribution in [3.8, 4) is 17.7 Å². The summed E-state index contributed by atoms with van der Waals surface area (Å²) >= 11 is 6.00. The van der Waals surface area contributed by atoms with E-state index in [0.717, 1.165) is 5.56 Å². The Morgan fingerprint density at radius 3 is 2.74 bits per heavy atom. The number of anilines is 1. The number of hydrogen-bond acceptors (Lipinski definition) is 5. The minimum Gasteiger partial charge on any atom is -0.435 e. The Labute approximate surface area is 115 Å². The molecule has 2 rings (SSSR count). The highest BCUT2D eigenvalue weighted by atomic mass is 35.5. The third-order valence-electron chi connectivity index (χ3n) is 2.70. The number of halogens is 1. The predicted molar refractivity (Wildman–Crippen MR) is 72.2 cm³/mol. The van der Waals surface area contributed by atoms with Crippen molar-refractivity contribution in [2.24, 2.45) is 0 Å². The highest BCUT2D eigenvalue weighted by molar-refractivity contribution is 6.32. The van der Waals surface area contributed by atoms with Crippen LogP contribution in [-0.4, -0.2) is 10.2 Å². The summed E-state index contributed by atoms with van der Waals surface area (Å²) in [5.74, 6) is 0.466. The summed E-state index contributed by atoms with van der Waals surface area (Å²) in [6.45, 7) is 3.57. The minimum atomic E-state index is 0.123. The molecule has 5 nitrogen and oxygen atoms in total. The Balaban J connectivity index is 2.47. The van der Waals surface area contributed by atoms with Crippen molar-refractivity contribution in [3.05, 3.63) is 40.0 Å². The summed E-state index contributed by atoms with van der Waals surface area (Å²) in [6.07, 6.45) is 0. The minimum absolute atomic E-state index is 0.123. The van der Waals surface area contributed by atoms with Crippen LogP contribution in [0.15, 0.2) is 18.2 Å². The molecule has 0 bridgehead atoms. The van der Waals surface area contributed by atoms with E-state index in [1.807, 2.05) is 0 Å². The maximum atomic E-state index is 9.17. The van der Waals surface area contributed by atoms with Crippen molar-refractivity contribution in [2.75, 3.05) is 5.73 Å². The number of nitrogens with zero attached hydrogens (tertiary/aromatic N) is 3. The van der Waals surface area contributed by atoms with Gasteiger partial charge in [0, 0.05) is 11.8 Å². The molecular formula is C13H11ClN4O. The molecule has 0 unspecified atom stereocenters. The number of aryl methyl sites for hydroxylation is 1. The lowest BCUT2D eigenvalue weighted by Crippen LogP contribution is -2.01. The van der Waals surface area contributed by atoms with Crippen molar-refractivity contribution in [1.29, 1.82) is 5.26 Å². The Bertz CT molecular complexity index is 679. The highest BCUT2D eigenvalue weighted by Gasteiger charge is 2.14. The summed E-state index contributed by atoms with van der Waals surface area (Å²) in [6, 6.07) is 6.90. The molecule has 0 amide bonds. The molecule has 0 fully saturated rings. The highest BCUT2D eigenvalue weighted by Crippen LogP contribution is 2.32. The summed E-state index contributed by atoms with van der Waals surface area (Å²) < 4.78 is 5.54. The average Bonchev–Trinajstić information content (AvgIpc) is 2.38. The Kier molecular flexibility index (Phi) is 3.54. The second-order valence-corrected chi connectivity index (χ2v) is 4.40. The molecular weight excluding hydrogens is 264 g/mol. The monoisotopic (exact) mass is 274 g/mol. The van der Waals surface area contributed by atoms with Crippen LogP contribution in [0, 0.1) is 25.2 Å². The fourth-order valence-corrected chi connectivity index (χ4v) is 1.65. The number of nitrogen functional groups attached to an aromatic ring is 1.